The summed E-state index contributed by atoms with van der Waals surface area (Å²) < 4.78 is 0. The fraction of sp³-hybridized carbons (Fsp3) is 0.125. The van der Waals surface area contributed by atoms with Gasteiger partial charge in [0.15, 0.2) is 0 Å². The molecule has 43 valence electrons. The number of rotatable bonds is 0. The summed E-state index contributed by atoms with van der Waals surface area (Å²) in [7, 11) is 0. The van der Waals surface area contributed by atoms with Crippen LogP contribution in [0.2, 0.25) is 0 Å². The van der Waals surface area contributed by atoms with E-state index < -0.39 is 0 Å². The molecule has 1 radical (unpaired) electrons. The lowest BCUT2D eigenvalue weighted by atomic mass is 10.2. The van der Waals surface area contributed by atoms with Crippen LogP contribution in [0.15, 0.2) is 23.2 Å². The Labute approximate surface area is 54.1 Å². The average Bonchev–Trinajstić information content (AvgIpc) is 2.33. The molecule has 9 heavy (non-hydrogen) atoms. The Morgan fingerprint density at radius 1 is 1.56 bits per heavy atom. The number of hydrogen-bond acceptors (Lipinski definition) is 1. The first-order valence-electron chi connectivity index (χ1n) is 2.99. The average molecular weight is 116 g/mol. The SMILES string of the molecule is [c]1cccc2c1N=CC2. The predicted molar refractivity (Wildman–Crippen MR) is 37.1 cm³/mol. The van der Waals surface area contributed by atoms with Crippen LogP contribution in [0.1, 0.15) is 5.56 Å². The molecule has 0 atom stereocenters. The number of hydrogen-bond donors (Lipinski definition) is 0. The smallest absolute Gasteiger partial charge is 0.0740 e. The van der Waals surface area contributed by atoms with Crippen molar-refractivity contribution in [2.75, 3.05) is 0 Å². The molecule has 0 saturated carbocycles. The first kappa shape index (κ1) is 4.74. The third-order valence-corrected chi connectivity index (χ3v) is 1.45. The molecule has 0 fully saturated rings. The van der Waals surface area contributed by atoms with Crippen molar-refractivity contribution >= 4 is 11.9 Å². The van der Waals surface area contributed by atoms with Gasteiger partial charge < -0.3 is 0 Å². The molecular formula is C8H6N. The van der Waals surface area contributed by atoms with Crippen LogP contribution in [-0.4, -0.2) is 6.21 Å². The van der Waals surface area contributed by atoms with Gasteiger partial charge in [-0.05, 0) is 5.56 Å². The Balaban J connectivity index is 2.63. The fourth-order valence-corrected chi connectivity index (χ4v) is 0.983. The zero-order chi connectivity index (χ0) is 6.10. The zero-order valence-corrected chi connectivity index (χ0v) is 4.96. The summed E-state index contributed by atoms with van der Waals surface area (Å²) in [4.78, 5) is 4.12. The van der Waals surface area contributed by atoms with Gasteiger partial charge in [0.2, 0.25) is 0 Å². The van der Waals surface area contributed by atoms with Gasteiger partial charge in [0.05, 0.1) is 5.69 Å². The van der Waals surface area contributed by atoms with E-state index in [0.717, 1.165) is 12.1 Å². The van der Waals surface area contributed by atoms with E-state index in [-0.39, 0.29) is 0 Å². The molecule has 0 saturated heterocycles. The predicted octanol–water partition coefficient (Wildman–Crippen LogP) is 1.75. The molecule has 1 aliphatic heterocycles. The quantitative estimate of drug-likeness (QED) is 0.489. The van der Waals surface area contributed by atoms with Crippen molar-refractivity contribution in [2.45, 2.75) is 6.42 Å². The van der Waals surface area contributed by atoms with Crippen LogP contribution in [0.4, 0.5) is 5.69 Å². The molecule has 0 bridgehead atoms. The second kappa shape index (κ2) is 1.69. The van der Waals surface area contributed by atoms with Crippen LogP contribution in [-0.2, 0) is 6.42 Å². The van der Waals surface area contributed by atoms with Gasteiger partial charge in [-0.15, -0.1) is 0 Å². The van der Waals surface area contributed by atoms with Crippen molar-refractivity contribution in [3.63, 3.8) is 0 Å². The topological polar surface area (TPSA) is 12.4 Å². The number of nitrogens with zero attached hydrogens (tertiary/aromatic N) is 1. The van der Waals surface area contributed by atoms with Gasteiger partial charge in [0.25, 0.3) is 0 Å². The van der Waals surface area contributed by atoms with Gasteiger partial charge in [-0.3, -0.25) is 4.99 Å². The van der Waals surface area contributed by atoms with E-state index in [0.29, 0.717) is 0 Å². The lowest BCUT2D eigenvalue weighted by Crippen LogP contribution is -1.75. The Bertz CT molecular complexity index is 250. The second-order valence-corrected chi connectivity index (χ2v) is 2.06. The summed E-state index contributed by atoms with van der Waals surface area (Å²) >= 11 is 0. The van der Waals surface area contributed by atoms with E-state index in [9.17, 15) is 0 Å². The number of fused-ring (bicyclic) bond motifs is 1. The summed E-state index contributed by atoms with van der Waals surface area (Å²) in [6, 6.07) is 9.02. The Hall–Kier alpha value is -1.11. The van der Waals surface area contributed by atoms with Gasteiger partial charge in [-0.1, -0.05) is 18.2 Å². The first-order chi connectivity index (χ1) is 4.47. The fourth-order valence-electron chi connectivity index (χ4n) is 0.983. The number of benzene rings is 1. The highest BCUT2D eigenvalue weighted by Crippen LogP contribution is 2.21. The normalized spacial score (nSPS) is 13.8. The van der Waals surface area contributed by atoms with E-state index in [2.05, 4.69) is 17.1 Å². The van der Waals surface area contributed by atoms with Crippen LogP contribution in [0, 0.1) is 6.07 Å². The maximum Gasteiger partial charge on any atom is 0.0740 e. The van der Waals surface area contributed by atoms with E-state index >= 15 is 0 Å². The van der Waals surface area contributed by atoms with Crippen molar-refractivity contribution in [3.8, 4) is 0 Å². The molecule has 1 aliphatic rings. The summed E-state index contributed by atoms with van der Waals surface area (Å²) in [5, 5.41) is 0. The molecule has 1 nitrogen and oxygen atoms in total. The van der Waals surface area contributed by atoms with Crippen LogP contribution in [0.3, 0.4) is 0 Å². The van der Waals surface area contributed by atoms with Gasteiger partial charge in [0, 0.05) is 18.7 Å². The molecular weight excluding hydrogens is 110 g/mol. The van der Waals surface area contributed by atoms with Crippen molar-refractivity contribution in [3.05, 3.63) is 29.8 Å². The molecule has 0 amide bonds. The zero-order valence-electron chi connectivity index (χ0n) is 4.96. The van der Waals surface area contributed by atoms with E-state index in [1.165, 1.54) is 5.56 Å². The van der Waals surface area contributed by atoms with Crippen molar-refractivity contribution in [1.82, 2.24) is 0 Å². The Morgan fingerprint density at radius 2 is 2.56 bits per heavy atom. The maximum absolute atomic E-state index is 4.12. The summed E-state index contributed by atoms with van der Waals surface area (Å²) in [6.45, 7) is 0. The molecule has 0 N–H and O–H groups in total. The highest BCUT2D eigenvalue weighted by molar-refractivity contribution is 5.75. The molecule has 1 heterocycles. The van der Waals surface area contributed by atoms with E-state index in [4.69, 9.17) is 0 Å². The summed E-state index contributed by atoms with van der Waals surface area (Å²) in [6.07, 6.45) is 2.90. The van der Waals surface area contributed by atoms with Crippen molar-refractivity contribution in [2.24, 2.45) is 4.99 Å². The van der Waals surface area contributed by atoms with E-state index in [1.807, 2.05) is 18.3 Å². The molecule has 1 heteroatoms. The molecule has 0 aliphatic carbocycles. The van der Waals surface area contributed by atoms with Gasteiger partial charge in [-0.2, -0.15) is 0 Å². The third kappa shape index (κ3) is 0.653. The maximum atomic E-state index is 4.12. The molecule has 0 unspecified atom stereocenters. The second-order valence-electron chi connectivity index (χ2n) is 2.06. The van der Waals surface area contributed by atoms with Gasteiger partial charge in [0.1, 0.15) is 0 Å². The largest absolute Gasteiger partial charge is 0.260 e. The molecule has 0 spiro atoms. The first-order valence-corrected chi connectivity index (χ1v) is 2.99. The van der Waals surface area contributed by atoms with Crippen LogP contribution in [0.5, 0.6) is 0 Å². The Kier molecular flexibility index (Phi) is 0.890. The molecule has 0 aromatic heterocycles. The van der Waals surface area contributed by atoms with Crippen LogP contribution in [0.25, 0.3) is 0 Å². The van der Waals surface area contributed by atoms with E-state index in [1.54, 1.807) is 0 Å². The minimum atomic E-state index is 0.979. The Morgan fingerprint density at radius 3 is 3.44 bits per heavy atom. The number of aliphatic imine (C=N–C) groups is 1. The summed E-state index contributed by atoms with van der Waals surface area (Å²) in [5.74, 6) is 0. The lowest BCUT2D eigenvalue weighted by molar-refractivity contribution is 1.41. The highest BCUT2D eigenvalue weighted by Gasteiger charge is 2.02. The van der Waals surface area contributed by atoms with Crippen LogP contribution < -0.4 is 0 Å². The monoisotopic (exact) mass is 116 g/mol. The van der Waals surface area contributed by atoms with Gasteiger partial charge in [-0.25, -0.2) is 0 Å². The van der Waals surface area contributed by atoms with Crippen molar-refractivity contribution < 1.29 is 0 Å². The molecule has 1 aromatic rings. The minimum absolute atomic E-state index is 0.979. The summed E-state index contributed by atoms with van der Waals surface area (Å²) in [5.41, 5.74) is 2.30. The molecule has 2 rings (SSSR count). The van der Waals surface area contributed by atoms with Crippen LogP contribution >= 0.6 is 0 Å². The van der Waals surface area contributed by atoms with Crippen molar-refractivity contribution in [1.29, 1.82) is 0 Å². The third-order valence-electron chi connectivity index (χ3n) is 1.45. The van der Waals surface area contributed by atoms with Gasteiger partial charge >= 0.3 is 0 Å². The molecule has 1 aromatic carbocycles. The highest BCUT2D eigenvalue weighted by atomic mass is 14.7. The minimum Gasteiger partial charge on any atom is -0.260 e. The lowest BCUT2D eigenvalue weighted by Gasteiger charge is -1.90. The standard InChI is InChI=1S/C8H6N/c1-2-4-8-7(3-1)5-6-9-8/h1-3,6H,5H2. The number of para-hydroxylation sites is 1.